The normalized spacial score (nSPS) is 17.0. The molecule has 1 atom stereocenters. The van der Waals surface area contributed by atoms with E-state index in [1.54, 1.807) is 25.1 Å². The fraction of sp³-hybridized carbons (Fsp3) is 0.364. The number of aryl methyl sites for hydroxylation is 1. The smallest absolute Gasteiger partial charge is 0.313 e. The van der Waals surface area contributed by atoms with Crippen LogP contribution in [0.25, 0.3) is 0 Å². The second-order valence-electron chi connectivity index (χ2n) is 7.68. The molecule has 10 heteroatoms. The van der Waals surface area contributed by atoms with E-state index in [9.17, 15) is 22.4 Å². The molecule has 1 saturated heterocycles. The minimum atomic E-state index is -3.81. The summed E-state index contributed by atoms with van der Waals surface area (Å²) in [4.78, 5) is 24.3. The Balaban J connectivity index is 1.60. The lowest BCUT2D eigenvalue weighted by Crippen LogP contribution is -2.46. The summed E-state index contributed by atoms with van der Waals surface area (Å²) in [5, 5.41) is 5.43. The first kappa shape index (κ1) is 24.2. The molecule has 7 nitrogen and oxygen atoms in total. The van der Waals surface area contributed by atoms with Gasteiger partial charge in [-0.1, -0.05) is 24.1 Å². The van der Waals surface area contributed by atoms with Gasteiger partial charge in [0.15, 0.2) is 0 Å². The summed E-state index contributed by atoms with van der Waals surface area (Å²) in [6, 6.07) is 9.73. The number of hydrogen-bond acceptors (Lipinski definition) is 4. The number of benzene rings is 2. The van der Waals surface area contributed by atoms with Crippen molar-refractivity contribution in [2.45, 2.75) is 43.5 Å². The Labute approximate surface area is 192 Å². The highest BCUT2D eigenvalue weighted by atomic mass is 35.5. The Morgan fingerprint density at radius 1 is 1.16 bits per heavy atom. The van der Waals surface area contributed by atoms with Crippen LogP contribution in [0.3, 0.4) is 0 Å². The second-order valence-corrected chi connectivity index (χ2v) is 9.98. The molecular weight excluding hydrogens is 457 g/mol. The molecular formula is C22H25ClFN3O4S. The number of halogens is 2. The number of hydrogen-bond donors (Lipinski definition) is 2. The zero-order valence-corrected chi connectivity index (χ0v) is 19.2. The van der Waals surface area contributed by atoms with Crippen molar-refractivity contribution in [3.63, 3.8) is 0 Å². The van der Waals surface area contributed by atoms with Gasteiger partial charge in [-0.25, -0.2) is 12.8 Å². The first-order valence-electron chi connectivity index (χ1n) is 10.3. The molecule has 0 radical (unpaired) electrons. The van der Waals surface area contributed by atoms with Crippen LogP contribution < -0.4 is 10.6 Å². The van der Waals surface area contributed by atoms with Gasteiger partial charge >= 0.3 is 11.8 Å². The van der Waals surface area contributed by atoms with Crippen LogP contribution in [0.4, 0.5) is 10.1 Å². The molecule has 32 heavy (non-hydrogen) atoms. The van der Waals surface area contributed by atoms with E-state index >= 15 is 0 Å². The summed E-state index contributed by atoms with van der Waals surface area (Å²) in [7, 11) is -3.81. The third-order valence-corrected chi connectivity index (χ3v) is 7.70. The van der Waals surface area contributed by atoms with Gasteiger partial charge in [-0.2, -0.15) is 4.31 Å². The van der Waals surface area contributed by atoms with E-state index in [-0.39, 0.29) is 17.5 Å². The maximum absolute atomic E-state index is 13.4. The largest absolute Gasteiger partial charge is 0.348 e. The third kappa shape index (κ3) is 5.85. The highest BCUT2D eigenvalue weighted by Crippen LogP contribution is 2.28. The van der Waals surface area contributed by atoms with Crippen molar-refractivity contribution in [3.8, 4) is 0 Å². The fourth-order valence-electron chi connectivity index (χ4n) is 3.79. The Morgan fingerprint density at radius 3 is 2.66 bits per heavy atom. The van der Waals surface area contributed by atoms with Gasteiger partial charge in [-0.05, 0) is 68.1 Å². The van der Waals surface area contributed by atoms with Crippen molar-refractivity contribution in [1.82, 2.24) is 9.62 Å². The minimum absolute atomic E-state index is 0.0794. The van der Waals surface area contributed by atoms with Crippen molar-refractivity contribution < 1.29 is 22.4 Å². The number of sulfonamides is 1. The van der Waals surface area contributed by atoms with E-state index in [0.29, 0.717) is 35.7 Å². The number of carbonyl (C=O) groups is 2. The van der Waals surface area contributed by atoms with Crippen LogP contribution in [-0.4, -0.2) is 43.7 Å². The van der Waals surface area contributed by atoms with E-state index in [1.165, 1.54) is 22.5 Å². The van der Waals surface area contributed by atoms with Crippen LogP contribution in [0.2, 0.25) is 5.02 Å². The predicted molar refractivity (Wildman–Crippen MR) is 120 cm³/mol. The Kier molecular flexibility index (Phi) is 7.86. The molecule has 172 valence electrons. The molecule has 0 spiro atoms. The fourth-order valence-corrected chi connectivity index (χ4v) is 5.92. The molecule has 2 aromatic rings. The SMILES string of the molecule is Cc1cc(F)ccc1S(=O)(=O)N1CCCC[C@@H]1CCNC(=O)C(=O)Nc1cccc(Cl)c1. The number of piperidine rings is 1. The topological polar surface area (TPSA) is 95.6 Å². The molecule has 0 aromatic heterocycles. The van der Waals surface area contributed by atoms with Crippen molar-refractivity contribution in [2.24, 2.45) is 0 Å². The summed E-state index contributed by atoms with van der Waals surface area (Å²) >= 11 is 5.87. The van der Waals surface area contributed by atoms with Gasteiger partial charge in [0.05, 0.1) is 4.90 Å². The predicted octanol–water partition coefficient (Wildman–Crippen LogP) is 3.48. The monoisotopic (exact) mass is 481 g/mol. The standard InChI is InChI=1S/C22H25ClFN3O4S/c1-15-13-17(24)8-9-20(15)32(30,31)27-12-3-2-7-19(27)10-11-25-21(28)22(29)26-18-6-4-5-16(23)14-18/h4-6,8-9,13-14,19H,2-3,7,10-12H2,1H3,(H,25,28)(H,26,29)/t19-/m1/s1. The number of amides is 2. The van der Waals surface area contributed by atoms with Gasteiger partial charge in [0.25, 0.3) is 0 Å². The van der Waals surface area contributed by atoms with Gasteiger partial charge in [0.1, 0.15) is 5.82 Å². The maximum atomic E-state index is 13.4. The molecule has 1 fully saturated rings. The molecule has 0 aliphatic carbocycles. The summed E-state index contributed by atoms with van der Waals surface area (Å²) in [5.41, 5.74) is 0.747. The first-order chi connectivity index (χ1) is 15.2. The van der Waals surface area contributed by atoms with Crippen LogP contribution in [0.15, 0.2) is 47.4 Å². The second kappa shape index (κ2) is 10.4. The number of rotatable bonds is 6. The maximum Gasteiger partial charge on any atom is 0.313 e. The highest BCUT2D eigenvalue weighted by molar-refractivity contribution is 7.89. The van der Waals surface area contributed by atoms with Crippen LogP contribution in [0, 0.1) is 12.7 Å². The number of nitrogens with one attached hydrogen (secondary N) is 2. The summed E-state index contributed by atoms with van der Waals surface area (Å²) < 4.78 is 41.3. The van der Waals surface area contributed by atoms with Crippen molar-refractivity contribution in [2.75, 3.05) is 18.4 Å². The number of carbonyl (C=O) groups excluding carboxylic acids is 2. The molecule has 0 unspecified atom stereocenters. The van der Waals surface area contributed by atoms with Crippen LogP contribution >= 0.6 is 11.6 Å². The van der Waals surface area contributed by atoms with E-state index in [4.69, 9.17) is 11.6 Å². The third-order valence-electron chi connectivity index (χ3n) is 5.35. The molecule has 2 amide bonds. The van der Waals surface area contributed by atoms with E-state index in [1.807, 2.05) is 0 Å². The minimum Gasteiger partial charge on any atom is -0.348 e. The summed E-state index contributed by atoms with van der Waals surface area (Å²) in [5.74, 6) is -2.14. The Bertz CT molecular complexity index is 1110. The van der Waals surface area contributed by atoms with Crippen molar-refractivity contribution >= 4 is 39.1 Å². The molecule has 2 aromatic carbocycles. The lowest BCUT2D eigenvalue weighted by Gasteiger charge is -2.35. The number of anilines is 1. The summed E-state index contributed by atoms with van der Waals surface area (Å²) in [6.45, 7) is 2.06. The van der Waals surface area contributed by atoms with Crippen LogP contribution in [0.5, 0.6) is 0 Å². The van der Waals surface area contributed by atoms with E-state index in [0.717, 1.165) is 18.9 Å². The zero-order chi connectivity index (χ0) is 23.3. The van der Waals surface area contributed by atoms with Gasteiger partial charge in [0, 0.05) is 29.8 Å². The molecule has 2 N–H and O–H groups in total. The molecule has 1 aliphatic rings. The lowest BCUT2D eigenvalue weighted by atomic mass is 10.0. The lowest BCUT2D eigenvalue weighted by molar-refractivity contribution is -0.136. The highest BCUT2D eigenvalue weighted by Gasteiger charge is 2.34. The molecule has 0 saturated carbocycles. The first-order valence-corrected chi connectivity index (χ1v) is 12.1. The van der Waals surface area contributed by atoms with Crippen LogP contribution in [-0.2, 0) is 19.6 Å². The van der Waals surface area contributed by atoms with Gasteiger partial charge in [-0.15, -0.1) is 0 Å². The van der Waals surface area contributed by atoms with Crippen molar-refractivity contribution in [1.29, 1.82) is 0 Å². The average molecular weight is 482 g/mol. The Hall–Kier alpha value is -2.49. The average Bonchev–Trinajstić information content (AvgIpc) is 2.73. The molecule has 3 rings (SSSR count). The van der Waals surface area contributed by atoms with E-state index < -0.39 is 27.7 Å². The van der Waals surface area contributed by atoms with Gasteiger partial charge < -0.3 is 10.6 Å². The van der Waals surface area contributed by atoms with Gasteiger partial charge in [-0.3, -0.25) is 9.59 Å². The Morgan fingerprint density at radius 2 is 1.94 bits per heavy atom. The quantitative estimate of drug-likeness (QED) is 0.617. The summed E-state index contributed by atoms with van der Waals surface area (Å²) in [6.07, 6.45) is 2.59. The van der Waals surface area contributed by atoms with E-state index in [2.05, 4.69) is 10.6 Å². The number of nitrogens with zero attached hydrogens (tertiary/aromatic N) is 1. The molecule has 0 bridgehead atoms. The zero-order valence-electron chi connectivity index (χ0n) is 17.6. The van der Waals surface area contributed by atoms with Gasteiger partial charge in [0.2, 0.25) is 10.0 Å². The van der Waals surface area contributed by atoms with Crippen molar-refractivity contribution in [3.05, 3.63) is 58.9 Å². The molecule has 1 aliphatic heterocycles. The molecule has 1 heterocycles. The van der Waals surface area contributed by atoms with Crippen LogP contribution in [0.1, 0.15) is 31.2 Å².